The van der Waals surface area contributed by atoms with E-state index in [1.54, 1.807) is 0 Å². The van der Waals surface area contributed by atoms with Crippen molar-refractivity contribution in [3.05, 3.63) is 125 Å². The fraction of sp³-hybridized carbons (Fsp3) is 0.440. The van der Waals surface area contributed by atoms with Gasteiger partial charge in [0.05, 0.1) is 11.4 Å². The fourth-order valence-corrected chi connectivity index (χ4v) is 14.4. The first-order valence-corrected chi connectivity index (χ1v) is 28.6. The lowest BCUT2D eigenvalue weighted by Crippen LogP contribution is -2.51. The third-order valence-electron chi connectivity index (χ3n) is 12.6. The van der Waals surface area contributed by atoms with E-state index in [0.29, 0.717) is 45.5 Å². The second kappa shape index (κ2) is 26.9. The lowest BCUT2D eigenvalue weighted by molar-refractivity contribution is -0.119. The van der Waals surface area contributed by atoms with Crippen LogP contribution < -0.4 is 21.3 Å². The quantitative estimate of drug-likeness (QED) is 0.0609. The number of carbonyl (C=O) groups excluding carboxylic acids is 4. The average Bonchev–Trinajstić information content (AvgIpc) is 3.32. The van der Waals surface area contributed by atoms with Crippen LogP contribution in [0, 0.1) is 0 Å². The van der Waals surface area contributed by atoms with Crippen LogP contribution in [0.25, 0.3) is 0 Å². The van der Waals surface area contributed by atoms with Crippen LogP contribution in [0.1, 0.15) is 86.5 Å². The molecule has 68 heavy (non-hydrogen) atoms. The Balaban J connectivity index is 1.30. The van der Waals surface area contributed by atoms with Gasteiger partial charge in [-0.3, -0.25) is 29.2 Å². The highest BCUT2D eigenvalue weighted by atomic mass is 79.9. The minimum Gasteiger partial charge on any atom is -0.444 e. The number of nitrogens with zero attached hydrogens (tertiary/aromatic N) is 4. The zero-order valence-corrected chi connectivity index (χ0v) is 46.4. The second-order valence-corrected chi connectivity index (χ2v) is 23.5. The Labute approximate surface area is 442 Å². The highest BCUT2D eigenvalue weighted by Crippen LogP contribution is 2.41. The van der Waals surface area contributed by atoms with E-state index in [1.165, 1.54) is 44.2 Å². The molecule has 2 aliphatic rings. The summed E-state index contributed by atoms with van der Waals surface area (Å²) in [6.45, 7) is 0.925. The van der Waals surface area contributed by atoms with Gasteiger partial charge in [-0.1, -0.05) is 153 Å². The molecule has 12 nitrogen and oxygen atoms in total. The van der Waals surface area contributed by atoms with Crippen LogP contribution in [-0.2, 0) is 45.4 Å². The van der Waals surface area contributed by atoms with E-state index in [9.17, 15) is 19.2 Å². The molecular weight excluding hydrogens is 1160 g/mol. The van der Waals surface area contributed by atoms with Gasteiger partial charge in [-0.25, -0.2) is 9.59 Å². The molecule has 366 valence electrons. The molecule has 0 heterocycles. The third kappa shape index (κ3) is 15.2. The van der Waals surface area contributed by atoms with Gasteiger partial charge in [0.1, 0.15) is 25.3 Å². The number of nitrogens with two attached hydrogens (primary N) is 2. The van der Waals surface area contributed by atoms with Crippen LogP contribution in [0.2, 0.25) is 0 Å². The Morgan fingerprint density at radius 1 is 0.574 bits per heavy atom. The Hall–Kier alpha value is -3.10. The van der Waals surface area contributed by atoms with Crippen molar-refractivity contribution in [2.45, 2.75) is 115 Å². The van der Waals surface area contributed by atoms with E-state index in [-0.39, 0.29) is 24.7 Å². The zero-order valence-electron chi connectivity index (χ0n) is 38.4. The molecule has 18 heteroatoms. The molecule has 0 aliphatic heterocycles. The summed E-state index contributed by atoms with van der Waals surface area (Å²) < 4.78 is 14.7. The van der Waals surface area contributed by atoms with Crippen LogP contribution in [0.15, 0.2) is 103 Å². The summed E-state index contributed by atoms with van der Waals surface area (Å²) in [6.07, 6.45) is 9.86. The van der Waals surface area contributed by atoms with E-state index in [2.05, 4.69) is 87.6 Å². The van der Waals surface area contributed by atoms with Gasteiger partial charge >= 0.3 is 12.2 Å². The second-order valence-electron chi connectivity index (χ2n) is 17.4. The molecule has 4 aromatic carbocycles. The minimum atomic E-state index is -1.20. The van der Waals surface area contributed by atoms with E-state index in [0.717, 1.165) is 82.6 Å². The number of primary amides is 2. The topological polar surface area (TPSA) is 152 Å². The van der Waals surface area contributed by atoms with E-state index in [4.69, 9.17) is 20.9 Å². The van der Waals surface area contributed by atoms with E-state index in [1.807, 2.05) is 84.9 Å². The Kier molecular flexibility index (Phi) is 21.5. The summed E-state index contributed by atoms with van der Waals surface area (Å²) in [7, 11) is 6.65. The molecule has 0 spiro atoms. The number of hydrogen-bond acceptors (Lipinski definition) is 10. The van der Waals surface area contributed by atoms with Crippen LogP contribution in [0.3, 0.4) is 0 Å². The predicted octanol–water partition coefficient (Wildman–Crippen LogP) is 12.3. The van der Waals surface area contributed by atoms with Gasteiger partial charge in [-0.2, -0.15) is 0 Å². The standard InChI is InChI=1S/C50H60Br4N6O6S2/c1-57(39-19-11-5-12-20-39)27-35-23-37(51)25-41(53)45(35)59(49(63)65-29-33-15-7-3-8-16-33)43(47(55)61)31-67-68-32-44(48(56)62)60(50(64)66-30-34-17-9-4-10-18-34)46-36(24-38(52)26-42(46)54)28-58(2)40-21-13-6-14-22-40/h3-4,7-10,15-18,23-26,39-40,43-44H,5-6,11-14,19-22,27-32H2,1-2H3,(H2,55,61)(H2,56,62)/t43-,44-/m0/s1. The maximum atomic E-state index is 14.5. The first-order valence-electron chi connectivity index (χ1n) is 22.9. The van der Waals surface area contributed by atoms with E-state index < -0.39 is 36.1 Å². The van der Waals surface area contributed by atoms with Crippen molar-refractivity contribution in [1.82, 2.24) is 9.80 Å². The SMILES string of the molecule is CN(Cc1cc(Br)cc(Br)c1N(C(=O)OCc1ccccc1)[C@@H](CSSC[C@@H](C(N)=O)N(C(=O)OCc1ccccc1)c1c(Br)cc(Br)cc1CN(C)C1CCCCC1)C(N)=O)C1CCCCC1. The maximum Gasteiger partial charge on any atom is 0.415 e. The Morgan fingerprint density at radius 2 is 0.926 bits per heavy atom. The summed E-state index contributed by atoms with van der Waals surface area (Å²) in [5, 5.41) is 0. The largest absolute Gasteiger partial charge is 0.444 e. The number of halogens is 4. The van der Waals surface area contributed by atoms with Crippen molar-refractivity contribution >= 4 is 121 Å². The molecule has 0 saturated heterocycles. The molecule has 2 saturated carbocycles. The van der Waals surface area contributed by atoms with Gasteiger partial charge < -0.3 is 20.9 Å². The number of amides is 4. The molecule has 0 bridgehead atoms. The number of ether oxygens (including phenoxy) is 2. The Morgan fingerprint density at radius 3 is 1.26 bits per heavy atom. The molecular formula is C50H60Br4N6O6S2. The first kappa shape index (κ1) is 54.2. The number of benzene rings is 4. The molecule has 0 radical (unpaired) electrons. The van der Waals surface area contributed by atoms with Crippen LogP contribution in [-0.4, -0.2) is 83.6 Å². The minimum absolute atomic E-state index is 0.00416. The lowest BCUT2D eigenvalue weighted by Gasteiger charge is -2.35. The molecule has 0 aromatic heterocycles. The monoisotopic (exact) mass is 1220 g/mol. The number of carbonyl (C=O) groups is 4. The van der Waals surface area contributed by atoms with Crippen molar-refractivity contribution in [2.75, 3.05) is 35.4 Å². The highest BCUT2D eigenvalue weighted by molar-refractivity contribution is 9.11. The maximum absolute atomic E-state index is 14.5. The lowest BCUT2D eigenvalue weighted by atomic mass is 9.94. The number of anilines is 2. The average molecular weight is 1220 g/mol. The normalized spacial score (nSPS) is 15.5. The Bertz CT molecular complexity index is 2170. The number of rotatable bonds is 21. The molecule has 2 atom stereocenters. The van der Waals surface area contributed by atoms with Gasteiger partial charge in [0.25, 0.3) is 0 Å². The van der Waals surface area contributed by atoms with Crippen molar-refractivity contribution < 1.29 is 28.7 Å². The summed E-state index contributed by atoms with van der Waals surface area (Å²) >= 11 is 14.8. The predicted molar refractivity (Wildman–Crippen MR) is 289 cm³/mol. The van der Waals surface area contributed by atoms with E-state index >= 15 is 0 Å². The van der Waals surface area contributed by atoms with Crippen molar-refractivity contribution in [2.24, 2.45) is 11.5 Å². The van der Waals surface area contributed by atoms with Crippen LogP contribution in [0.4, 0.5) is 21.0 Å². The molecule has 2 fully saturated rings. The van der Waals surface area contributed by atoms with Crippen molar-refractivity contribution in [3.8, 4) is 0 Å². The molecule has 6 rings (SSSR count). The molecule has 4 amide bonds. The third-order valence-corrected chi connectivity index (χ3v) is 17.1. The summed E-state index contributed by atoms with van der Waals surface area (Å²) in [4.78, 5) is 63.8. The van der Waals surface area contributed by atoms with Gasteiger partial charge in [-0.15, -0.1) is 0 Å². The first-order chi connectivity index (χ1) is 32.7. The van der Waals surface area contributed by atoms with Gasteiger partial charge in [0.15, 0.2) is 0 Å². The van der Waals surface area contributed by atoms with Crippen LogP contribution >= 0.6 is 85.3 Å². The smallest absolute Gasteiger partial charge is 0.415 e. The van der Waals surface area contributed by atoms with Crippen LogP contribution in [0.5, 0.6) is 0 Å². The van der Waals surface area contributed by atoms with Crippen molar-refractivity contribution in [3.63, 3.8) is 0 Å². The molecule has 2 aliphatic carbocycles. The van der Waals surface area contributed by atoms with Crippen molar-refractivity contribution in [1.29, 1.82) is 0 Å². The number of hydrogen-bond donors (Lipinski definition) is 2. The van der Waals surface area contributed by atoms with Gasteiger partial charge in [0.2, 0.25) is 11.8 Å². The van der Waals surface area contributed by atoms with Gasteiger partial charge in [-0.05, 0) is 118 Å². The summed E-state index contributed by atoms with van der Waals surface area (Å²) in [6, 6.07) is 24.6. The molecule has 4 N–H and O–H groups in total. The molecule has 0 unspecified atom stereocenters. The summed E-state index contributed by atoms with van der Waals surface area (Å²) in [5.74, 6) is -1.49. The highest BCUT2D eigenvalue weighted by Gasteiger charge is 2.38. The zero-order chi connectivity index (χ0) is 48.7. The fourth-order valence-electron chi connectivity index (χ4n) is 8.98. The van der Waals surface area contributed by atoms with Gasteiger partial charge in [0, 0.05) is 54.6 Å². The summed E-state index contributed by atoms with van der Waals surface area (Å²) in [5.41, 5.74) is 16.6. The molecule has 4 aromatic rings.